The third-order valence-electron chi connectivity index (χ3n) is 9.59. The highest BCUT2D eigenvalue weighted by Crippen LogP contribution is 2.45. The van der Waals surface area contributed by atoms with Gasteiger partial charge in [-0.25, -0.2) is 0 Å². The van der Waals surface area contributed by atoms with Crippen molar-refractivity contribution in [3.63, 3.8) is 0 Å². The van der Waals surface area contributed by atoms with Crippen LogP contribution >= 0.6 is 0 Å². The van der Waals surface area contributed by atoms with Crippen molar-refractivity contribution in [1.82, 2.24) is 20.5 Å². The number of phenols is 2. The fourth-order valence-corrected chi connectivity index (χ4v) is 6.80. The molecule has 1 unspecified atom stereocenters. The molecule has 1 fully saturated rings. The van der Waals surface area contributed by atoms with E-state index < -0.39 is 6.10 Å². The zero-order valence-electron chi connectivity index (χ0n) is 27.1. The highest BCUT2D eigenvalue weighted by Gasteiger charge is 2.39. The number of likely N-dealkylation sites (tertiary alicyclic amines) is 1. The minimum atomic E-state index is -0.859. The number of carbonyl (C=O) groups excluding carboxylic acids is 1. The first-order valence-electron chi connectivity index (χ1n) is 16.4. The number of nitrogens with zero attached hydrogens (tertiary/aromatic N) is 1. The Kier molecular flexibility index (Phi) is 9.91. The summed E-state index contributed by atoms with van der Waals surface area (Å²) in [6.07, 6.45) is 1.63. The van der Waals surface area contributed by atoms with E-state index >= 15 is 0 Å². The average Bonchev–Trinajstić information content (AvgIpc) is 3.10. The Balaban J connectivity index is 1.03. The second kappa shape index (κ2) is 14.4. The molecule has 1 aliphatic rings. The van der Waals surface area contributed by atoms with Crippen LogP contribution < -0.4 is 16.2 Å². The minimum Gasteiger partial charge on any atom is -0.508 e. The summed E-state index contributed by atoms with van der Waals surface area (Å²) in [7, 11) is 2.14. The molecule has 1 aromatic heterocycles. The quantitative estimate of drug-likeness (QED) is 0.122. The number of hydrogen-bond acceptors (Lipinski definition) is 7. The van der Waals surface area contributed by atoms with Gasteiger partial charge in [-0.3, -0.25) is 9.59 Å². The molecule has 6 N–H and O–H groups in total. The van der Waals surface area contributed by atoms with Gasteiger partial charge in [0.15, 0.2) is 0 Å². The molecule has 0 aliphatic carbocycles. The fourth-order valence-electron chi connectivity index (χ4n) is 6.80. The molecule has 9 heteroatoms. The highest BCUT2D eigenvalue weighted by atomic mass is 16.3. The lowest BCUT2D eigenvalue weighted by molar-refractivity contribution is 0.0954. The number of aliphatic hydroxyl groups excluding tert-OH is 1. The molecular weight excluding hydrogens is 604 g/mol. The summed E-state index contributed by atoms with van der Waals surface area (Å²) >= 11 is 0. The highest BCUT2D eigenvalue weighted by molar-refractivity contribution is 5.94. The van der Waals surface area contributed by atoms with Crippen LogP contribution in [-0.4, -0.2) is 64.3 Å². The lowest BCUT2D eigenvalue weighted by Crippen LogP contribution is -2.41. The first kappa shape index (κ1) is 33.0. The summed E-state index contributed by atoms with van der Waals surface area (Å²) < 4.78 is 0. The molecule has 248 valence electrons. The summed E-state index contributed by atoms with van der Waals surface area (Å²) in [5, 5.41) is 38.8. The Hall–Kier alpha value is -4.96. The number of rotatable bonds is 11. The van der Waals surface area contributed by atoms with Crippen LogP contribution in [0.25, 0.3) is 10.9 Å². The predicted molar refractivity (Wildman–Crippen MR) is 187 cm³/mol. The number of benzene rings is 4. The SMILES string of the molecule is CN1CCC(c2ccccc2)(c2cc(CCNC(=O)c3ccc(CNCC(O)c4ccc(O)c5[nH]c(=O)ccc45)cc3)ccc2O)CC1. The Morgan fingerprint density at radius 1 is 0.896 bits per heavy atom. The van der Waals surface area contributed by atoms with Gasteiger partial charge in [-0.05, 0) is 92.0 Å². The maximum atomic E-state index is 12.9. The normalized spacial score (nSPS) is 15.3. The Morgan fingerprint density at radius 2 is 1.60 bits per heavy atom. The third kappa shape index (κ3) is 7.13. The summed E-state index contributed by atoms with van der Waals surface area (Å²) in [5.41, 5.74) is 5.06. The van der Waals surface area contributed by atoms with Crippen LogP contribution in [0.5, 0.6) is 11.5 Å². The molecule has 1 saturated heterocycles. The number of aliphatic hydroxyl groups is 1. The minimum absolute atomic E-state index is 0.0509. The molecule has 0 bridgehead atoms. The van der Waals surface area contributed by atoms with Crippen molar-refractivity contribution in [3.05, 3.63) is 141 Å². The molecule has 0 spiro atoms. The zero-order chi connectivity index (χ0) is 33.7. The standard InChI is InChI=1S/C39H42N4O5/c1-43-21-18-39(19-22-43,29-5-3-2-4-6-29)32-23-26(9-14-33(32)44)17-20-41-38(48)28-10-7-27(8-11-28)24-40-25-35(46)30-12-15-34(45)37-31(30)13-16-36(47)42-37/h2-16,23,35,40,44-46H,17-22,24-25H2,1H3,(H,41,48)(H,42,47). The average molecular weight is 647 g/mol. The summed E-state index contributed by atoms with van der Waals surface area (Å²) in [6.45, 7) is 3.10. The van der Waals surface area contributed by atoms with Crippen molar-refractivity contribution in [1.29, 1.82) is 0 Å². The number of amides is 1. The van der Waals surface area contributed by atoms with Crippen LogP contribution in [0.1, 0.15) is 57.1 Å². The van der Waals surface area contributed by atoms with Crippen LogP contribution in [0.2, 0.25) is 0 Å². The summed E-state index contributed by atoms with van der Waals surface area (Å²) in [5.74, 6) is 0.106. The van der Waals surface area contributed by atoms with Gasteiger partial charge in [0.25, 0.3) is 5.91 Å². The number of aromatic nitrogens is 1. The van der Waals surface area contributed by atoms with Crippen molar-refractivity contribution in [2.75, 3.05) is 33.2 Å². The van der Waals surface area contributed by atoms with E-state index in [0.717, 1.165) is 42.6 Å². The number of aromatic amines is 1. The summed E-state index contributed by atoms with van der Waals surface area (Å²) in [4.78, 5) is 29.6. The van der Waals surface area contributed by atoms with E-state index in [2.05, 4.69) is 57.9 Å². The van der Waals surface area contributed by atoms with Crippen molar-refractivity contribution < 1.29 is 20.1 Å². The molecule has 6 rings (SSSR count). The number of phenolic OH excluding ortho intramolecular Hbond substituents is 2. The molecule has 48 heavy (non-hydrogen) atoms. The molecule has 0 radical (unpaired) electrons. The van der Waals surface area contributed by atoms with Crippen molar-refractivity contribution in [2.24, 2.45) is 0 Å². The smallest absolute Gasteiger partial charge is 0.251 e. The molecular formula is C39H42N4O5. The molecule has 2 heterocycles. The van der Waals surface area contributed by atoms with E-state index in [1.54, 1.807) is 30.3 Å². The first-order valence-corrected chi connectivity index (χ1v) is 16.4. The second-order valence-electron chi connectivity index (χ2n) is 12.7. The van der Waals surface area contributed by atoms with E-state index in [1.165, 1.54) is 17.7 Å². The van der Waals surface area contributed by atoms with Gasteiger partial charge in [0, 0.05) is 47.6 Å². The van der Waals surface area contributed by atoms with Gasteiger partial charge in [-0.1, -0.05) is 60.7 Å². The molecule has 4 aromatic carbocycles. The number of aromatic hydroxyl groups is 2. The van der Waals surface area contributed by atoms with Crippen molar-refractivity contribution >= 4 is 16.8 Å². The maximum Gasteiger partial charge on any atom is 0.251 e. The molecule has 9 nitrogen and oxygen atoms in total. The largest absolute Gasteiger partial charge is 0.508 e. The Bertz CT molecular complexity index is 1930. The van der Waals surface area contributed by atoms with Gasteiger partial charge < -0.3 is 35.8 Å². The van der Waals surface area contributed by atoms with E-state index in [-0.39, 0.29) is 29.2 Å². The zero-order valence-corrected chi connectivity index (χ0v) is 27.1. The van der Waals surface area contributed by atoms with Crippen LogP contribution in [0.3, 0.4) is 0 Å². The first-order chi connectivity index (χ1) is 23.2. The van der Waals surface area contributed by atoms with E-state index in [9.17, 15) is 24.9 Å². The monoisotopic (exact) mass is 646 g/mol. The van der Waals surface area contributed by atoms with Crippen LogP contribution in [-0.2, 0) is 18.4 Å². The van der Waals surface area contributed by atoms with Crippen LogP contribution in [0.4, 0.5) is 0 Å². The van der Waals surface area contributed by atoms with Gasteiger partial charge in [-0.2, -0.15) is 0 Å². The lowest BCUT2D eigenvalue weighted by atomic mass is 9.67. The number of hydrogen-bond donors (Lipinski definition) is 6. The van der Waals surface area contributed by atoms with E-state index in [0.29, 0.717) is 47.3 Å². The number of carbonyl (C=O) groups is 1. The molecule has 1 atom stereocenters. The molecule has 0 saturated carbocycles. The second-order valence-corrected chi connectivity index (χ2v) is 12.7. The van der Waals surface area contributed by atoms with Crippen LogP contribution in [0, 0.1) is 0 Å². The van der Waals surface area contributed by atoms with Gasteiger partial charge in [0.05, 0.1) is 11.6 Å². The number of nitrogens with one attached hydrogen (secondary N) is 3. The Morgan fingerprint density at radius 3 is 2.35 bits per heavy atom. The number of fused-ring (bicyclic) bond motifs is 1. The molecule has 1 aliphatic heterocycles. The number of H-pyrrole nitrogens is 1. The number of pyridine rings is 1. The van der Waals surface area contributed by atoms with Gasteiger partial charge >= 0.3 is 0 Å². The van der Waals surface area contributed by atoms with Crippen molar-refractivity contribution in [3.8, 4) is 11.5 Å². The molecule has 1 amide bonds. The van der Waals surface area contributed by atoms with Gasteiger partial charge in [0.2, 0.25) is 5.56 Å². The predicted octanol–water partition coefficient (Wildman–Crippen LogP) is 4.75. The third-order valence-corrected chi connectivity index (χ3v) is 9.59. The van der Waals surface area contributed by atoms with Crippen molar-refractivity contribution in [2.45, 2.75) is 37.3 Å². The lowest BCUT2D eigenvalue weighted by Gasteiger charge is -2.42. The number of piperidine rings is 1. The summed E-state index contributed by atoms with van der Waals surface area (Å²) in [6, 6.07) is 29.7. The Labute approximate surface area is 279 Å². The molecule has 5 aromatic rings. The van der Waals surface area contributed by atoms with Gasteiger partial charge in [0.1, 0.15) is 11.5 Å². The van der Waals surface area contributed by atoms with Crippen LogP contribution in [0.15, 0.2) is 102 Å². The van der Waals surface area contributed by atoms with E-state index in [1.807, 2.05) is 24.3 Å². The van der Waals surface area contributed by atoms with Gasteiger partial charge in [-0.15, -0.1) is 0 Å². The van der Waals surface area contributed by atoms with E-state index in [4.69, 9.17) is 0 Å². The fraction of sp³-hybridized carbons (Fsp3) is 0.282. The topological polar surface area (TPSA) is 138 Å². The maximum absolute atomic E-state index is 12.9.